The van der Waals surface area contributed by atoms with E-state index in [0.717, 1.165) is 15.7 Å². The van der Waals surface area contributed by atoms with Crippen LogP contribution in [0.4, 0.5) is 10.5 Å². The molecule has 0 saturated carbocycles. The number of halogens is 1. The molecule has 0 radical (unpaired) electrons. The number of carbonyl (C=O) groups excluding carboxylic acids is 1. The van der Waals surface area contributed by atoms with Crippen LogP contribution in [0.2, 0.25) is 0 Å². The number of ether oxygens (including phenoxy) is 2. The van der Waals surface area contributed by atoms with Crippen molar-refractivity contribution in [3.05, 3.63) is 52.5 Å². The Morgan fingerprint density at radius 2 is 1.74 bits per heavy atom. The zero-order valence-electron chi connectivity index (χ0n) is 13.1. The van der Waals surface area contributed by atoms with Crippen LogP contribution in [-0.2, 0) is 6.42 Å². The molecule has 0 atom stereocenters. The number of urea groups is 1. The quantitative estimate of drug-likeness (QED) is 0.802. The second-order valence-corrected chi connectivity index (χ2v) is 5.74. The molecule has 6 heteroatoms. The predicted octanol–water partition coefficient (Wildman–Crippen LogP) is 3.83. The monoisotopic (exact) mass is 378 g/mol. The van der Waals surface area contributed by atoms with E-state index in [1.54, 1.807) is 14.2 Å². The number of rotatable bonds is 6. The normalized spacial score (nSPS) is 10.0. The van der Waals surface area contributed by atoms with Gasteiger partial charge < -0.3 is 20.1 Å². The molecule has 0 heterocycles. The van der Waals surface area contributed by atoms with Crippen LogP contribution in [-0.4, -0.2) is 26.8 Å². The number of hydrogen-bond acceptors (Lipinski definition) is 3. The van der Waals surface area contributed by atoms with E-state index in [-0.39, 0.29) is 6.03 Å². The number of amides is 2. The van der Waals surface area contributed by atoms with Gasteiger partial charge in [-0.25, -0.2) is 4.79 Å². The molecule has 2 aromatic carbocycles. The minimum absolute atomic E-state index is 0.229. The third-order valence-electron chi connectivity index (χ3n) is 3.25. The summed E-state index contributed by atoms with van der Waals surface area (Å²) >= 11 is 3.35. The molecule has 0 fully saturated rings. The standard InChI is InChI=1S/C17H19BrN2O3/c1-22-15-8-3-12(11-16(15)23-2)9-10-19-17(21)20-14-6-4-13(18)5-7-14/h3-8,11H,9-10H2,1-2H3,(H2,19,20,21). The highest BCUT2D eigenvalue weighted by atomic mass is 79.9. The lowest BCUT2D eigenvalue weighted by molar-refractivity contribution is 0.252. The van der Waals surface area contributed by atoms with Crippen LogP contribution in [0, 0.1) is 0 Å². The van der Waals surface area contributed by atoms with Gasteiger partial charge in [0, 0.05) is 16.7 Å². The van der Waals surface area contributed by atoms with Crippen molar-refractivity contribution in [1.29, 1.82) is 0 Å². The molecular weight excluding hydrogens is 360 g/mol. The van der Waals surface area contributed by atoms with Crippen molar-refractivity contribution in [3.63, 3.8) is 0 Å². The van der Waals surface area contributed by atoms with Gasteiger partial charge >= 0.3 is 6.03 Å². The van der Waals surface area contributed by atoms with Gasteiger partial charge in [0.2, 0.25) is 0 Å². The van der Waals surface area contributed by atoms with Crippen molar-refractivity contribution >= 4 is 27.6 Å². The Hall–Kier alpha value is -2.21. The molecule has 0 unspecified atom stereocenters. The van der Waals surface area contributed by atoms with E-state index in [9.17, 15) is 4.79 Å². The summed E-state index contributed by atoms with van der Waals surface area (Å²) in [6, 6.07) is 12.9. The number of anilines is 1. The molecule has 0 spiro atoms. The van der Waals surface area contributed by atoms with Gasteiger partial charge in [-0.1, -0.05) is 22.0 Å². The highest BCUT2D eigenvalue weighted by Gasteiger charge is 2.05. The van der Waals surface area contributed by atoms with Crippen molar-refractivity contribution < 1.29 is 14.3 Å². The first-order valence-corrected chi connectivity index (χ1v) is 7.93. The summed E-state index contributed by atoms with van der Waals surface area (Å²) in [6.07, 6.45) is 0.702. The molecule has 2 rings (SSSR count). The molecule has 0 aliphatic rings. The van der Waals surface area contributed by atoms with Gasteiger partial charge in [0.25, 0.3) is 0 Å². The van der Waals surface area contributed by atoms with Gasteiger partial charge in [0.15, 0.2) is 11.5 Å². The Balaban J connectivity index is 1.82. The maximum atomic E-state index is 11.8. The molecule has 0 aromatic heterocycles. The molecule has 0 saturated heterocycles. The van der Waals surface area contributed by atoms with E-state index < -0.39 is 0 Å². The fourth-order valence-corrected chi connectivity index (χ4v) is 2.33. The summed E-state index contributed by atoms with van der Waals surface area (Å²) in [5.74, 6) is 1.38. The van der Waals surface area contributed by atoms with Crippen LogP contribution in [0.5, 0.6) is 11.5 Å². The zero-order valence-corrected chi connectivity index (χ0v) is 14.6. The lowest BCUT2D eigenvalue weighted by Gasteiger charge is -2.10. The van der Waals surface area contributed by atoms with Crippen LogP contribution in [0.1, 0.15) is 5.56 Å². The summed E-state index contributed by atoms with van der Waals surface area (Å²) in [5.41, 5.74) is 1.81. The number of nitrogens with one attached hydrogen (secondary N) is 2. The summed E-state index contributed by atoms with van der Waals surface area (Å²) < 4.78 is 11.4. The lowest BCUT2D eigenvalue weighted by Crippen LogP contribution is -2.30. The van der Waals surface area contributed by atoms with Crippen LogP contribution >= 0.6 is 15.9 Å². The second-order valence-electron chi connectivity index (χ2n) is 4.83. The maximum absolute atomic E-state index is 11.8. The van der Waals surface area contributed by atoms with E-state index in [0.29, 0.717) is 24.5 Å². The third kappa shape index (κ3) is 5.17. The average molecular weight is 379 g/mol. The number of carbonyl (C=O) groups is 1. The van der Waals surface area contributed by atoms with Crippen molar-refractivity contribution in [2.75, 3.05) is 26.1 Å². The third-order valence-corrected chi connectivity index (χ3v) is 3.78. The Bertz CT molecular complexity index is 659. The van der Waals surface area contributed by atoms with Crippen LogP contribution in [0.3, 0.4) is 0 Å². The molecular formula is C17H19BrN2O3. The molecule has 5 nitrogen and oxygen atoms in total. The Morgan fingerprint density at radius 1 is 1.04 bits per heavy atom. The molecule has 0 aliphatic heterocycles. The van der Waals surface area contributed by atoms with Gasteiger partial charge in [-0.15, -0.1) is 0 Å². The largest absolute Gasteiger partial charge is 0.493 e. The van der Waals surface area contributed by atoms with Crippen molar-refractivity contribution in [3.8, 4) is 11.5 Å². The van der Waals surface area contributed by atoms with Crippen molar-refractivity contribution in [2.45, 2.75) is 6.42 Å². The second kappa shape index (κ2) is 8.43. The summed E-state index contributed by atoms with van der Waals surface area (Å²) in [6.45, 7) is 0.526. The Kier molecular flexibility index (Phi) is 6.29. The molecule has 0 aliphatic carbocycles. The maximum Gasteiger partial charge on any atom is 0.319 e. The van der Waals surface area contributed by atoms with E-state index in [1.807, 2.05) is 42.5 Å². The van der Waals surface area contributed by atoms with Crippen LogP contribution in [0.25, 0.3) is 0 Å². The van der Waals surface area contributed by atoms with Gasteiger partial charge in [-0.3, -0.25) is 0 Å². The van der Waals surface area contributed by atoms with Crippen LogP contribution < -0.4 is 20.1 Å². The number of hydrogen-bond donors (Lipinski definition) is 2. The predicted molar refractivity (Wildman–Crippen MR) is 94.4 cm³/mol. The smallest absolute Gasteiger partial charge is 0.319 e. The summed E-state index contributed by atoms with van der Waals surface area (Å²) in [4.78, 5) is 11.8. The fraction of sp³-hybridized carbons (Fsp3) is 0.235. The summed E-state index contributed by atoms with van der Waals surface area (Å²) in [5, 5.41) is 5.61. The first-order chi connectivity index (χ1) is 11.1. The van der Waals surface area contributed by atoms with Gasteiger partial charge in [0.1, 0.15) is 0 Å². The lowest BCUT2D eigenvalue weighted by atomic mass is 10.1. The van der Waals surface area contributed by atoms with E-state index in [1.165, 1.54) is 0 Å². The van der Waals surface area contributed by atoms with E-state index in [2.05, 4.69) is 26.6 Å². The Morgan fingerprint density at radius 3 is 2.39 bits per heavy atom. The first-order valence-electron chi connectivity index (χ1n) is 7.13. The highest BCUT2D eigenvalue weighted by molar-refractivity contribution is 9.10. The minimum Gasteiger partial charge on any atom is -0.493 e. The Labute approximate surface area is 144 Å². The molecule has 23 heavy (non-hydrogen) atoms. The molecule has 2 amide bonds. The zero-order chi connectivity index (χ0) is 16.7. The average Bonchev–Trinajstić information content (AvgIpc) is 2.56. The van der Waals surface area contributed by atoms with E-state index in [4.69, 9.17) is 9.47 Å². The summed E-state index contributed by atoms with van der Waals surface area (Å²) in [7, 11) is 3.21. The van der Waals surface area contributed by atoms with Crippen molar-refractivity contribution in [2.24, 2.45) is 0 Å². The highest BCUT2D eigenvalue weighted by Crippen LogP contribution is 2.27. The SMILES string of the molecule is COc1ccc(CCNC(=O)Nc2ccc(Br)cc2)cc1OC. The number of benzene rings is 2. The van der Waals surface area contributed by atoms with Gasteiger partial charge in [0.05, 0.1) is 14.2 Å². The van der Waals surface area contributed by atoms with Crippen molar-refractivity contribution in [1.82, 2.24) is 5.32 Å². The molecule has 2 N–H and O–H groups in total. The molecule has 0 bridgehead atoms. The minimum atomic E-state index is -0.229. The topological polar surface area (TPSA) is 59.6 Å². The first kappa shape index (κ1) is 17.1. The van der Waals surface area contributed by atoms with E-state index >= 15 is 0 Å². The van der Waals surface area contributed by atoms with Crippen LogP contribution in [0.15, 0.2) is 46.9 Å². The fourth-order valence-electron chi connectivity index (χ4n) is 2.07. The molecule has 122 valence electrons. The molecule has 2 aromatic rings. The number of methoxy groups -OCH3 is 2. The van der Waals surface area contributed by atoms with Gasteiger partial charge in [-0.05, 0) is 48.4 Å². The van der Waals surface area contributed by atoms with Gasteiger partial charge in [-0.2, -0.15) is 0 Å².